The van der Waals surface area contributed by atoms with Crippen LogP contribution in [0.1, 0.15) is 23.9 Å². The third-order valence-electron chi connectivity index (χ3n) is 4.40. The summed E-state index contributed by atoms with van der Waals surface area (Å²) >= 11 is 1.76. The van der Waals surface area contributed by atoms with E-state index in [1.165, 1.54) is 21.6 Å². The van der Waals surface area contributed by atoms with Crippen molar-refractivity contribution in [2.24, 2.45) is 0 Å². The molecule has 0 fully saturated rings. The maximum Gasteiger partial charge on any atom is 0.268 e. The summed E-state index contributed by atoms with van der Waals surface area (Å²) in [5.41, 5.74) is 4.18. The van der Waals surface area contributed by atoms with Gasteiger partial charge in [0.25, 0.3) is 5.89 Å². The van der Waals surface area contributed by atoms with E-state index in [1.54, 1.807) is 11.3 Å². The standard InChI is InChI=1S/C18H19N3OS/c1-11(19-2)9-16-20-18(22-21-16)15-10-13-8-7-12-5-3-4-6-14(12)17(13)23-15/h3-6,10-11,19H,7-9H2,1-2H3. The lowest BCUT2D eigenvalue weighted by atomic mass is 9.91. The summed E-state index contributed by atoms with van der Waals surface area (Å²) in [5.74, 6) is 1.40. The molecule has 0 radical (unpaired) electrons. The predicted molar refractivity (Wildman–Crippen MR) is 92.7 cm³/mol. The second-order valence-corrected chi connectivity index (χ2v) is 7.08. The molecule has 1 N–H and O–H groups in total. The summed E-state index contributed by atoms with van der Waals surface area (Å²) in [4.78, 5) is 6.98. The summed E-state index contributed by atoms with van der Waals surface area (Å²) in [5, 5.41) is 7.31. The van der Waals surface area contributed by atoms with Crippen molar-refractivity contribution in [1.29, 1.82) is 0 Å². The van der Waals surface area contributed by atoms with Crippen LogP contribution in [0.15, 0.2) is 34.9 Å². The van der Waals surface area contributed by atoms with Crippen LogP contribution in [-0.4, -0.2) is 23.2 Å². The summed E-state index contributed by atoms with van der Waals surface area (Å²) in [6.45, 7) is 2.11. The van der Waals surface area contributed by atoms with E-state index in [0.717, 1.165) is 30.0 Å². The molecular weight excluding hydrogens is 306 g/mol. The SMILES string of the molecule is CNC(C)Cc1noc(-c2cc3c(s2)-c2ccccc2CC3)n1. The highest BCUT2D eigenvalue weighted by Crippen LogP contribution is 2.42. The molecule has 4 nitrogen and oxygen atoms in total. The van der Waals surface area contributed by atoms with Gasteiger partial charge in [0.05, 0.1) is 4.88 Å². The van der Waals surface area contributed by atoms with Crippen LogP contribution in [0, 0.1) is 0 Å². The van der Waals surface area contributed by atoms with Crippen LogP contribution in [0.2, 0.25) is 0 Å². The number of benzene rings is 1. The molecule has 0 amide bonds. The zero-order chi connectivity index (χ0) is 15.8. The van der Waals surface area contributed by atoms with Crippen molar-refractivity contribution in [3.05, 3.63) is 47.3 Å². The molecule has 0 spiro atoms. The zero-order valence-electron chi connectivity index (χ0n) is 13.3. The molecule has 118 valence electrons. The molecular formula is C18H19N3OS. The number of hydrogen-bond acceptors (Lipinski definition) is 5. The molecule has 1 aliphatic rings. The van der Waals surface area contributed by atoms with E-state index in [4.69, 9.17) is 4.52 Å². The Bertz CT molecular complexity index is 836. The quantitative estimate of drug-likeness (QED) is 0.794. The third kappa shape index (κ3) is 2.71. The fourth-order valence-corrected chi connectivity index (χ4v) is 4.18. The van der Waals surface area contributed by atoms with Gasteiger partial charge in [0.2, 0.25) is 0 Å². The highest BCUT2D eigenvalue weighted by molar-refractivity contribution is 7.19. The molecule has 1 aromatic carbocycles. The van der Waals surface area contributed by atoms with E-state index in [2.05, 4.69) is 52.7 Å². The molecule has 0 bridgehead atoms. The van der Waals surface area contributed by atoms with E-state index in [-0.39, 0.29) is 0 Å². The fraction of sp³-hybridized carbons (Fsp3) is 0.333. The Balaban J connectivity index is 1.67. The van der Waals surface area contributed by atoms with Crippen LogP contribution in [-0.2, 0) is 19.3 Å². The summed E-state index contributed by atoms with van der Waals surface area (Å²) in [6, 6.07) is 11.2. The molecule has 1 unspecified atom stereocenters. The van der Waals surface area contributed by atoms with Crippen LogP contribution < -0.4 is 5.32 Å². The van der Waals surface area contributed by atoms with Crippen molar-refractivity contribution in [1.82, 2.24) is 15.5 Å². The van der Waals surface area contributed by atoms with Crippen molar-refractivity contribution in [3.8, 4) is 21.2 Å². The topological polar surface area (TPSA) is 51.0 Å². The van der Waals surface area contributed by atoms with E-state index in [0.29, 0.717) is 11.9 Å². The first kappa shape index (κ1) is 14.6. The Hall–Kier alpha value is -1.98. The number of rotatable bonds is 4. The van der Waals surface area contributed by atoms with Crippen molar-refractivity contribution in [2.75, 3.05) is 7.05 Å². The van der Waals surface area contributed by atoms with E-state index in [9.17, 15) is 0 Å². The van der Waals surface area contributed by atoms with Gasteiger partial charge in [0.15, 0.2) is 5.82 Å². The number of hydrogen-bond donors (Lipinski definition) is 1. The van der Waals surface area contributed by atoms with E-state index >= 15 is 0 Å². The third-order valence-corrected chi connectivity index (χ3v) is 5.59. The van der Waals surface area contributed by atoms with Gasteiger partial charge in [-0.3, -0.25) is 0 Å². The largest absolute Gasteiger partial charge is 0.333 e. The molecule has 3 aromatic rings. The molecule has 1 atom stereocenters. The van der Waals surface area contributed by atoms with Crippen LogP contribution in [0.25, 0.3) is 21.2 Å². The van der Waals surface area contributed by atoms with Gasteiger partial charge in [0.1, 0.15) is 0 Å². The lowest BCUT2D eigenvalue weighted by Gasteiger charge is -2.15. The number of nitrogens with one attached hydrogen (secondary N) is 1. The number of aromatic nitrogens is 2. The minimum atomic E-state index is 0.337. The molecule has 0 saturated heterocycles. The fourth-order valence-electron chi connectivity index (χ4n) is 2.99. The Kier molecular flexibility index (Phi) is 3.75. The summed E-state index contributed by atoms with van der Waals surface area (Å²) < 4.78 is 5.48. The maximum absolute atomic E-state index is 5.48. The second-order valence-electron chi connectivity index (χ2n) is 6.03. The maximum atomic E-state index is 5.48. The summed E-state index contributed by atoms with van der Waals surface area (Å²) in [6.07, 6.45) is 2.96. The van der Waals surface area contributed by atoms with Crippen LogP contribution >= 0.6 is 11.3 Å². The number of fused-ring (bicyclic) bond motifs is 3. The van der Waals surface area contributed by atoms with Crippen LogP contribution in [0.3, 0.4) is 0 Å². The Morgan fingerprint density at radius 1 is 1.26 bits per heavy atom. The molecule has 23 heavy (non-hydrogen) atoms. The molecule has 4 rings (SSSR count). The zero-order valence-corrected chi connectivity index (χ0v) is 14.1. The first-order chi connectivity index (χ1) is 11.2. The highest BCUT2D eigenvalue weighted by Gasteiger charge is 2.21. The minimum absolute atomic E-state index is 0.337. The van der Waals surface area contributed by atoms with Crippen molar-refractivity contribution in [3.63, 3.8) is 0 Å². The molecule has 0 saturated carbocycles. The van der Waals surface area contributed by atoms with Crippen molar-refractivity contribution in [2.45, 2.75) is 32.2 Å². The molecule has 1 aliphatic carbocycles. The molecule has 2 aromatic heterocycles. The normalized spacial score (nSPS) is 14.3. The van der Waals surface area contributed by atoms with Gasteiger partial charge in [-0.15, -0.1) is 11.3 Å². The number of nitrogens with zero attached hydrogens (tertiary/aromatic N) is 2. The average molecular weight is 325 g/mol. The Labute approximate surface area is 139 Å². The average Bonchev–Trinajstić information content (AvgIpc) is 3.21. The molecule has 5 heteroatoms. The first-order valence-corrected chi connectivity index (χ1v) is 8.77. The van der Waals surface area contributed by atoms with Gasteiger partial charge in [-0.25, -0.2) is 0 Å². The lowest BCUT2D eigenvalue weighted by Crippen LogP contribution is -2.24. The monoisotopic (exact) mass is 325 g/mol. The van der Waals surface area contributed by atoms with Crippen molar-refractivity contribution < 1.29 is 4.52 Å². The van der Waals surface area contributed by atoms with Gasteiger partial charge in [-0.1, -0.05) is 29.4 Å². The van der Waals surface area contributed by atoms with Gasteiger partial charge in [-0.05, 0) is 49.6 Å². The van der Waals surface area contributed by atoms with Crippen LogP contribution in [0.4, 0.5) is 0 Å². The van der Waals surface area contributed by atoms with Gasteiger partial charge in [-0.2, -0.15) is 4.98 Å². The van der Waals surface area contributed by atoms with Gasteiger partial charge < -0.3 is 9.84 Å². The predicted octanol–water partition coefficient (Wildman–Crippen LogP) is 3.71. The smallest absolute Gasteiger partial charge is 0.268 e. The van der Waals surface area contributed by atoms with E-state index < -0.39 is 0 Å². The molecule has 2 heterocycles. The van der Waals surface area contributed by atoms with Crippen molar-refractivity contribution >= 4 is 11.3 Å². The Morgan fingerprint density at radius 2 is 2.09 bits per heavy atom. The molecule has 0 aliphatic heterocycles. The minimum Gasteiger partial charge on any atom is -0.333 e. The van der Waals surface area contributed by atoms with Gasteiger partial charge in [0, 0.05) is 17.3 Å². The number of thiophene rings is 1. The Morgan fingerprint density at radius 3 is 2.96 bits per heavy atom. The number of aryl methyl sites for hydroxylation is 2. The second kappa shape index (κ2) is 5.91. The number of likely N-dealkylation sites (N-methyl/N-ethyl adjacent to an activating group) is 1. The van der Waals surface area contributed by atoms with Gasteiger partial charge >= 0.3 is 0 Å². The lowest BCUT2D eigenvalue weighted by molar-refractivity contribution is 0.419. The van der Waals surface area contributed by atoms with Crippen LogP contribution in [0.5, 0.6) is 0 Å². The first-order valence-electron chi connectivity index (χ1n) is 7.96. The highest BCUT2D eigenvalue weighted by atomic mass is 32.1. The summed E-state index contributed by atoms with van der Waals surface area (Å²) in [7, 11) is 1.94. The van der Waals surface area contributed by atoms with E-state index in [1.807, 2.05) is 7.05 Å².